The summed E-state index contributed by atoms with van der Waals surface area (Å²) in [6.07, 6.45) is 5.31. The van der Waals surface area contributed by atoms with E-state index in [1.165, 1.54) is 17.0 Å². The number of halogens is 1. The topological polar surface area (TPSA) is 82.6 Å². The molecule has 2 saturated heterocycles. The summed E-state index contributed by atoms with van der Waals surface area (Å²) in [4.78, 5) is 47.8. The number of hydrogen-bond donors (Lipinski definition) is 0. The third-order valence-corrected chi connectivity index (χ3v) is 8.66. The van der Waals surface area contributed by atoms with E-state index in [0.29, 0.717) is 51.5 Å². The molecule has 0 bridgehead atoms. The van der Waals surface area contributed by atoms with E-state index in [-0.39, 0.29) is 36.6 Å². The third-order valence-electron chi connectivity index (χ3n) is 8.66. The van der Waals surface area contributed by atoms with Crippen LogP contribution in [0.1, 0.15) is 50.1 Å². The van der Waals surface area contributed by atoms with Gasteiger partial charge < -0.3 is 19.3 Å². The van der Waals surface area contributed by atoms with E-state index in [1.807, 2.05) is 34.1 Å². The fourth-order valence-corrected chi connectivity index (χ4v) is 6.53. The van der Waals surface area contributed by atoms with Crippen molar-refractivity contribution < 1.29 is 28.2 Å². The van der Waals surface area contributed by atoms with Gasteiger partial charge in [0.25, 0.3) is 5.91 Å². The Hall–Kier alpha value is -3.50. The summed E-state index contributed by atoms with van der Waals surface area (Å²) in [5.74, 6) is -0.893. The molecule has 4 aliphatic rings. The number of para-hydroxylation sites is 1. The smallest absolute Gasteiger partial charge is 0.410 e. The molecule has 2 aromatic carbocycles. The molecule has 218 valence electrons. The molecular formula is C31H37FN4O5. The number of piperazine rings is 1. The van der Waals surface area contributed by atoms with Crippen LogP contribution in [0, 0.1) is 5.82 Å². The first-order valence-corrected chi connectivity index (χ1v) is 14.7. The van der Waals surface area contributed by atoms with Crippen LogP contribution in [-0.4, -0.2) is 85.8 Å². The van der Waals surface area contributed by atoms with Crippen LogP contribution in [-0.2, 0) is 19.1 Å². The number of carbonyl (C=O) groups excluding carboxylic acids is 3. The highest BCUT2D eigenvalue weighted by atomic mass is 19.1. The van der Waals surface area contributed by atoms with Gasteiger partial charge in [-0.25, -0.2) is 9.18 Å². The molecule has 3 fully saturated rings. The van der Waals surface area contributed by atoms with Gasteiger partial charge in [0.1, 0.15) is 18.0 Å². The Balaban J connectivity index is 1.21. The average Bonchev–Trinajstić information content (AvgIpc) is 3.60. The van der Waals surface area contributed by atoms with Crippen LogP contribution >= 0.6 is 0 Å². The Bertz CT molecular complexity index is 1270. The molecule has 1 saturated carbocycles. The van der Waals surface area contributed by atoms with Gasteiger partial charge in [0.15, 0.2) is 0 Å². The van der Waals surface area contributed by atoms with Gasteiger partial charge in [-0.2, -0.15) is 0 Å². The summed E-state index contributed by atoms with van der Waals surface area (Å²) < 4.78 is 25.3. The zero-order valence-corrected chi connectivity index (χ0v) is 23.3. The highest BCUT2D eigenvalue weighted by Crippen LogP contribution is 2.44. The number of carbonyl (C=O) groups is 3. The first-order chi connectivity index (χ1) is 20.0. The maximum absolute atomic E-state index is 14.5. The van der Waals surface area contributed by atoms with E-state index in [9.17, 15) is 18.8 Å². The Labute approximate surface area is 239 Å². The van der Waals surface area contributed by atoms with Crippen molar-refractivity contribution in [3.63, 3.8) is 0 Å². The molecule has 0 spiro atoms. The predicted molar refractivity (Wildman–Crippen MR) is 151 cm³/mol. The second-order valence-electron chi connectivity index (χ2n) is 11.3. The summed E-state index contributed by atoms with van der Waals surface area (Å²) in [6.45, 7) is 2.91. The highest BCUT2D eigenvalue weighted by molar-refractivity contribution is 6.12. The molecule has 1 unspecified atom stereocenters. The summed E-state index contributed by atoms with van der Waals surface area (Å²) in [5.41, 5.74) is 1.96. The maximum atomic E-state index is 14.5. The Morgan fingerprint density at radius 3 is 2.49 bits per heavy atom. The minimum atomic E-state index is -0.868. The lowest BCUT2D eigenvalue weighted by molar-refractivity contribution is -0.125. The summed E-state index contributed by atoms with van der Waals surface area (Å²) in [7, 11) is 0. The fourth-order valence-electron chi connectivity index (χ4n) is 6.53. The minimum Gasteiger partial charge on any atom is -0.444 e. The third kappa shape index (κ3) is 5.81. The molecule has 3 amide bonds. The highest BCUT2D eigenvalue weighted by Gasteiger charge is 2.46. The standard InChI is InChI=1S/C31H37FN4O5/c32-22-7-6-10-24(19-22)36(28(37)20-33-14-16-34(17-15-33)31(39)41-25-13-18-40-21-25)29-26-11-4-5-12-27(26)35(30(29)38)23-8-2-1-3-9-23/h4-7,10-12,19,23,25,29H,1-3,8-9,13-18,20-21H2/t25-,29?/m0/s1. The molecule has 0 N–H and O–H groups in total. The molecule has 0 radical (unpaired) electrons. The SMILES string of the molecule is O=C(O[C@H]1CCOC1)N1CCN(CC(=O)N(c2cccc(F)c2)C2C(=O)N(C3CCCCC3)c3ccccc32)CC1. The minimum absolute atomic E-state index is 0.0469. The number of hydrogen-bond acceptors (Lipinski definition) is 6. The predicted octanol–water partition coefficient (Wildman–Crippen LogP) is 4.12. The van der Waals surface area contributed by atoms with Gasteiger partial charge in [0, 0.05) is 55.6 Å². The molecule has 10 heteroatoms. The Morgan fingerprint density at radius 1 is 0.976 bits per heavy atom. The Morgan fingerprint density at radius 2 is 1.76 bits per heavy atom. The number of amides is 3. The molecule has 9 nitrogen and oxygen atoms in total. The Kier molecular flexibility index (Phi) is 8.20. The fraction of sp³-hybridized carbons (Fsp3) is 0.516. The van der Waals surface area contributed by atoms with Crippen LogP contribution in [0.15, 0.2) is 48.5 Å². The van der Waals surface area contributed by atoms with Crippen LogP contribution in [0.2, 0.25) is 0 Å². The lowest BCUT2D eigenvalue weighted by Crippen LogP contribution is -2.53. The van der Waals surface area contributed by atoms with Gasteiger partial charge in [-0.05, 0) is 37.1 Å². The lowest BCUT2D eigenvalue weighted by atomic mass is 9.94. The normalized spacial score (nSPS) is 23.5. The lowest BCUT2D eigenvalue weighted by Gasteiger charge is -2.36. The maximum Gasteiger partial charge on any atom is 0.410 e. The van der Waals surface area contributed by atoms with Crippen molar-refractivity contribution in [3.8, 4) is 0 Å². The van der Waals surface area contributed by atoms with Crippen molar-refractivity contribution in [1.82, 2.24) is 9.80 Å². The summed E-state index contributed by atoms with van der Waals surface area (Å²) in [5, 5.41) is 0. The van der Waals surface area contributed by atoms with Crippen molar-refractivity contribution in [2.24, 2.45) is 0 Å². The molecule has 1 aliphatic carbocycles. The van der Waals surface area contributed by atoms with Crippen LogP contribution in [0.5, 0.6) is 0 Å². The van der Waals surface area contributed by atoms with Gasteiger partial charge in [0.2, 0.25) is 5.91 Å². The van der Waals surface area contributed by atoms with E-state index in [4.69, 9.17) is 9.47 Å². The van der Waals surface area contributed by atoms with Gasteiger partial charge in [-0.15, -0.1) is 0 Å². The number of benzene rings is 2. The molecule has 0 aromatic heterocycles. The second kappa shape index (κ2) is 12.2. The van der Waals surface area contributed by atoms with Crippen molar-refractivity contribution in [2.75, 3.05) is 55.7 Å². The quantitative estimate of drug-likeness (QED) is 0.525. The summed E-state index contributed by atoms with van der Waals surface area (Å²) >= 11 is 0. The van der Waals surface area contributed by atoms with Crippen molar-refractivity contribution in [1.29, 1.82) is 0 Å². The molecule has 41 heavy (non-hydrogen) atoms. The largest absolute Gasteiger partial charge is 0.444 e. The molecule has 3 aliphatic heterocycles. The number of ether oxygens (including phenoxy) is 2. The number of rotatable bonds is 6. The van der Waals surface area contributed by atoms with Crippen LogP contribution < -0.4 is 9.80 Å². The monoisotopic (exact) mass is 564 g/mol. The first kappa shape index (κ1) is 27.7. The summed E-state index contributed by atoms with van der Waals surface area (Å²) in [6, 6.07) is 12.8. The van der Waals surface area contributed by atoms with Gasteiger partial charge in [0.05, 0.1) is 19.8 Å². The molecular weight excluding hydrogens is 527 g/mol. The van der Waals surface area contributed by atoms with Gasteiger partial charge >= 0.3 is 6.09 Å². The van der Waals surface area contributed by atoms with E-state index >= 15 is 0 Å². The number of anilines is 2. The molecule has 2 aromatic rings. The van der Waals surface area contributed by atoms with Crippen LogP contribution in [0.3, 0.4) is 0 Å². The number of fused-ring (bicyclic) bond motifs is 1. The van der Waals surface area contributed by atoms with E-state index in [2.05, 4.69) is 0 Å². The average molecular weight is 565 g/mol. The van der Waals surface area contributed by atoms with E-state index in [1.54, 1.807) is 17.0 Å². The second-order valence-corrected chi connectivity index (χ2v) is 11.3. The zero-order chi connectivity index (χ0) is 28.3. The van der Waals surface area contributed by atoms with E-state index < -0.39 is 11.9 Å². The van der Waals surface area contributed by atoms with Gasteiger partial charge in [-0.1, -0.05) is 43.5 Å². The number of nitrogens with zero attached hydrogens (tertiary/aromatic N) is 4. The molecule has 6 rings (SSSR count). The van der Waals surface area contributed by atoms with Gasteiger partial charge in [-0.3, -0.25) is 19.4 Å². The van der Waals surface area contributed by atoms with E-state index in [0.717, 1.165) is 43.4 Å². The zero-order valence-electron chi connectivity index (χ0n) is 23.3. The van der Waals surface area contributed by atoms with Crippen molar-refractivity contribution >= 4 is 29.3 Å². The van der Waals surface area contributed by atoms with Crippen molar-refractivity contribution in [3.05, 3.63) is 59.9 Å². The van der Waals surface area contributed by atoms with Crippen LogP contribution in [0.25, 0.3) is 0 Å². The van der Waals surface area contributed by atoms with Crippen molar-refractivity contribution in [2.45, 2.75) is 56.7 Å². The first-order valence-electron chi connectivity index (χ1n) is 14.7. The molecule has 3 heterocycles. The van der Waals surface area contributed by atoms with Crippen LogP contribution in [0.4, 0.5) is 20.6 Å². The molecule has 2 atom stereocenters.